The molecular formula is C16H23N. The van der Waals surface area contributed by atoms with Crippen LogP contribution in [0.25, 0.3) is 0 Å². The van der Waals surface area contributed by atoms with Crippen LogP contribution in [0.1, 0.15) is 48.8 Å². The number of nitrogens with one attached hydrogen (secondary N) is 1. The highest BCUT2D eigenvalue weighted by atomic mass is 14.9. The van der Waals surface area contributed by atoms with Gasteiger partial charge in [-0.1, -0.05) is 25.1 Å². The summed E-state index contributed by atoms with van der Waals surface area (Å²) in [6.07, 6.45) is 6.71. The van der Waals surface area contributed by atoms with Gasteiger partial charge in [-0.15, -0.1) is 0 Å². The zero-order valence-electron chi connectivity index (χ0n) is 10.8. The van der Waals surface area contributed by atoms with E-state index in [2.05, 4.69) is 30.4 Å². The topological polar surface area (TPSA) is 12.0 Å². The molecule has 0 spiro atoms. The minimum atomic E-state index is 0.716. The lowest BCUT2D eigenvalue weighted by Gasteiger charge is -2.29. The van der Waals surface area contributed by atoms with Crippen LogP contribution in [0, 0.1) is 5.92 Å². The van der Waals surface area contributed by atoms with E-state index in [4.69, 9.17) is 0 Å². The van der Waals surface area contributed by atoms with Gasteiger partial charge in [0, 0.05) is 0 Å². The van der Waals surface area contributed by atoms with E-state index in [0.717, 1.165) is 5.92 Å². The number of fused-ring (bicyclic) bond motifs is 1. The van der Waals surface area contributed by atoms with Gasteiger partial charge in [-0.2, -0.15) is 0 Å². The highest BCUT2D eigenvalue weighted by molar-refractivity contribution is 5.36. The molecule has 0 amide bonds. The van der Waals surface area contributed by atoms with Crippen LogP contribution in [0.5, 0.6) is 0 Å². The van der Waals surface area contributed by atoms with Gasteiger partial charge in [0.25, 0.3) is 0 Å². The molecule has 1 aliphatic carbocycles. The van der Waals surface area contributed by atoms with Gasteiger partial charge in [-0.25, -0.2) is 0 Å². The molecule has 92 valence electrons. The quantitative estimate of drug-likeness (QED) is 0.820. The molecule has 1 heterocycles. The molecule has 1 N–H and O–H groups in total. The van der Waals surface area contributed by atoms with Crippen molar-refractivity contribution >= 4 is 0 Å². The number of aryl methyl sites for hydroxylation is 2. The van der Waals surface area contributed by atoms with E-state index in [-0.39, 0.29) is 0 Å². The number of benzene rings is 1. The van der Waals surface area contributed by atoms with Gasteiger partial charge in [-0.3, -0.25) is 0 Å². The zero-order valence-corrected chi connectivity index (χ0v) is 10.8. The van der Waals surface area contributed by atoms with Gasteiger partial charge in [0.2, 0.25) is 0 Å². The SMILES string of the molecule is CC(c1ccc2c(c1)CCC2)C1CCCNC1. The molecule has 1 fully saturated rings. The van der Waals surface area contributed by atoms with Crippen LogP contribution in [-0.4, -0.2) is 13.1 Å². The maximum absolute atomic E-state index is 3.54. The fraction of sp³-hybridized carbons (Fsp3) is 0.625. The van der Waals surface area contributed by atoms with Gasteiger partial charge in [-0.05, 0) is 73.7 Å². The first-order valence-corrected chi connectivity index (χ1v) is 7.17. The van der Waals surface area contributed by atoms with E-state index in [1.54, 1.807) is 16.7 Å². The van der Waals surface area contributed by atoms with E-state index in [1.165, 1.54) is 45.2 Å². The molecule has 0 aromatic heterocycles. The second kappa shape index (κ2) is 4.81. The average Bonchev–Trinajstić information content (AvgIpc) is 2.86. The smallest absolute Gasteiger partial charge is 0.00148 e. The summed E-state index contributed by atoms with van der Waals surface area (Å²) in [5.41, 5.74) is 4.79. The van der Waals surface area contributed by atoms with Crippen molar-refractivity contribution in [3.8, 4) is 0 Å². The minimum Gasteiger partial charge on any atom is -0.316 e. The summed E-state index contributed by atoms with van der Waals surface area (Å²) in [6, 6.07) is 7.25. The van der Waals surface area contributed by atoms with Crippen molar-refractivity contribution in [3.63, 3.8) is 0 Å². The van der Waals surface area contributed by atoms with E-state index >= 15 is 0 Å². The molecule has 0 saturated carbocycles. The summed E-state index contributed by atoms with van der Waals surface area (Å²) in [4.78, 5) is 0. The van der Waals surface area contributed by atoms with Gasteiger partial charge in [0.15, 0.2) is 0 Å². The monoisotopic (exact) mass is 229 g/mol. The summed E-state index contributed by atoms with van der Waals surface area (Å²) in [7, 11) is 0. The fourth-order valence-electron chi connectivity index (χ4n) is 3.45. The normalized spacial score (nSPS) is 25.6. The van der Waals surface area contributed by atoms with Crippen LogP contribution >= 0.6 is 0 Å². The highest BCUT2D eigenvalue weighted by Gasteiger charge is 2.22. The largest absolute Gasteiger partial charge is 0.316 e. The van der Waals surface area contributed by atoms with Gasteiger partial charge >= 0.3 is 0 Å². The van der Waals surface area contributed by atoms with Crippen molar-refractivity contribution in [1.29, 1.82) is 0 Å². The molecule has 0 bridgehead atoms. The molecule has 1 aromatic rings. The third-order valence-electron chi connectivity index (χ3n) is 4.69. The van der Waals surface area contributed by atoms with Crippen LogP contribution in [0.4, 0.5) is 0 Å². The predicted molar refractivity (Wildman–Crippen MR) is 72.5 cm³/mol. The summed E-state index contributed by atoms with van der Waals surface area (Å²) in [5, 5.41) is 3.54. The molecule has 17 heavy (non-hydrogen) atoms. The molecule has 3 rings (SSSR count). The third-order valence-corrected chi connectivity index (χ3v) is 4.69. The van der Waals surface area contributed by atoms with Gasteiger partial charge in [0.05, 0.1) is 0 Å². The lowest BCUT2D eigenvalue weighted by Crippen LogP contribution is -2.32. The third kappa shape index (κ3) is 2.26. The molecule has 1 saturated heterocycles. The first-order valence-electron chi connectivity index (χ1n) is 7.17. The van der Waals surface area contributed by atoms with Gasteiger partial charge in [0.1, 0.15) is 0 Å². The van der Waals surface area contributed by atoms with Crippen molar-refractivity contribution < 1.29 is 0 Å². The Morgan fingerprint density at radius 1 is 1.18 bits per heavy atom. The molecular weight excluding hydrogens is 206 g/mol. The lowest BCUT2D eigenvalue weighted by molar-refractivity contribution is 0.334. The van der Waals surface area contributed by atoms with E-state index < -0.39 is 0 Å². The van der Waals surface area contributed by atoms with Crippen molar-refractivity contribution in [2.75, 3.05) is 13.1 Å². The molecule has 2 atom stereocenters. The summed E-state index contributed by atoms with van der Waals surface area (Å²) in [5.74, 6) is 1.55. The Bertz CT molecular complexity index is 391. The molecule has 2 unspecified atom stereocenters. The fourth-order valence-corrected chi connectivity index (χ4v) is 3.45. The first-order chi connectivity index (χ1) is 8.34. The summed E-state index contributed by atoms with van der Waals surface area (Å²) in [6.45, 7) is 4.83. The Labute approximate surface area is 105 Å². The Hall–Kier alpha value is -0.820. The van der Waals surface area contributed by atoms with Crippen molar-refractivity contribution in [1.82, 2.24) is 5.32 Å². The van der Waals surface area contributed by atoms with Crippen molar-refractivity contribution in [3.05, 3.63) is 34.9 Å². The molecule has 1 aromatic carbocycles. The molecule has 1 aliphatic heterocycles. The van der Waals surface area contributed by atoms with E-state index in [0.29, 0.717) is 5.92 Å². The van der Waals surface area contributed by atoms with Crippen LogP contribution in [-0.2, 0) is 12.8 Å². The Morgan fingerprint density at radius 2 is 2.06 bits per heavy atom. The first kappa shape index (κ1) is 11.3. The summed E-state index contributed by atoms with van der Waals surface area (Å²) >= 11 is 0. The Morgan fingerprint density at radius 3 is 2.88 bits per heavy atom. The maximum Gasteiger partial charge on any atom is -0.00148 e. The lowest BCUT2D eigenvalue weighted by atomic mass is 9.82. The second-order valence-electron chi connectivity index (χ2n) is 5.78. The Balaban J connectivity index is 1.78. The second-order valence-corrected chi connectivity index (χ2v) is 5.78. The number of rotatable bonds is 2. The van der Waals surface area contributed by atoms with Crippen LogP contribution in [0.2, 0.25) is 0 Å². The summed E-state index contributed by atoms with van der Waals surface area (Å²) < 4.78 is 0. The number of hydrogen-bond acceptors (Lipinski definition) is 1. The minimum absolute atomic E-state index is 0.716. The average molecular weight is 229 g/mol. The van der Waals surface area contributed by atoms with Crippen molar-refractivity contribution in [2.24, 2.45) is 5.92 Å². The van der Waals surface area contributed by atoms with E-state index in [1.807, 2.05) is 0 Å². The van der Waals surface area contributed by atoms with E-state index in [9.17, 15) is 0 Å². The predicted octanol–water partition coefficient (Wildman–Crippen LogP) is 3.28. The molecule has 1 nitrogen and oxygen atoms in total. The number of piperidine rings is 1. The number of hydrogen-bond donors (Lipinski definition) is 1. The van der Waals surface area contributed by atoms with Gasteiger partial charge < -0.3 is 5.32 Å². The van der Waals surface area contributed by atoms with Crippen LogP contribution in [0.15, 0.2) is 18.2 Å². The standard InChI is InChI=1S/C16H23N/c1-12(16-6-3-9-17-11-16)14-8-7-13-4-2-5-15(13)10-14/h7-8,10,12,16-17H,2-6,9,11H2,1H3. The Kier molecular flexibility index (Phi) is 3.19. The maximum atomic E-state index is 3.54. The highest BCUT2D eigenvalue weighted by Crippen LogP contribution is 2.32. The molecule has 1 heteroatoms. The molecule has 0 radical (unpaired) electrons. The zero-order chi connectivity index (χ0) is 11.7. The van der Waals surface area contributed by atoms with Crippen LogP contribution < -0.4 is 5.32 Å². The van der Waals surface area contributed by atoms with Crippen LogP contribution in [0.3, 0.4) is 0 Å². The van der Waals surface area contributed by atoms with Crippen molar-refractivity contribution in [2.45, 2.75) is 44.9 Å². The molecule has 2 aliphatic rings.